The van der Waals surface area contributed by atoms with Crippen LogP contribution in [0.15, 0.2) is 24.3 Å². The summed E-state index contributed by atoms with van der Waals surface area (Å²) in [4.78, 5) is 21.3. The summed E-state index contributed by atoms with van der Waals surface area (Å²) in [5, 5.41) is 21.3. The third kappa shape index (κ3) is 16.8. The molecule has 0 N–H and O–H groups in total. The summed E-state index contributed by atoms with van der Waals surface area (Å²) >= 11 is 0. The third-order valence-corrected chi connectivity index (χ3v) is 2.62. The van der Waals surface area contributed by atoms with Crippen molar-refractivity contribution in [3.63, 3.8) is 0 Å². The topological polar surface area (TPSA) is 195 Å². The Kier molecular flexibility index (Phi) is 10.9. The van der Waals surface area contributed by atoms with Gasteiger partial charge in [0.15, 0.2) is 0 Å². The van der Waals surface area contributed by atoms with Crippen molar-refractivity contribution < 1.29 is 45.7 Å². The van der Waals surface area contributed by atoms with Gasteiger partial charge in [0.2, 0.25) is 0 Å². The first kappa shape index (κ1) is 26.2. The number of carboxylic acids is 2. The molecule has 0 saturated heterocycles. The molecule has 26 heavy (non-hydrogen) atoms. The number of hydrogen-bond acceptors (Lipinski definition) is 10. The molecule has 0 aromatic heterocycles. The van der Waals surface area contributed by atoms with E-state index in [1.807, 2.05) is 0 Å². The molecule has 150 valence electrons. The highest BCUT2D eigenvalue weighted by Crippen LogP contribution is 2.20. The predicted molar refractivity (Wildman–Crippen MR) is 84.5 cm³/mol. The number of carbonyl (C=O) groups is 2. The number of carbonyl (C=O) groups excluding carboxylic acids is 2. The molecule has 0 aliphatic heterocycles. The second-order valence-electron chi connectivity index (χ2n) is 5.16. The van der Waals surface area contributed by atoms with Crippen LogP contribution in [0.5, 0.6) is 0 Å². The van der Waals surface area contributed by atoms with Crippen molar-refractivity contribution in [1.82, 2.24) is 0 Å². The van der Waals surface area contributed by atoms with Crippen LogP contribution in [0, 0.1) is 0 Å². The Hall–Kier alpha value is -2.02. The first-order valence-electron chi connectivity index (χ1n) is 6.76. The summed E-state index contributed by atoms with van der Waals surface area (Å²) in [6.07, 6.45) is 1.21. The van der Waals surface area contributed by atoms with E-state index < -0.39 is 44.0 Å². The average molecular weight is 410 g/mol. The average Bonchev–Trinajstić information content (AvgIpc) is 2.42. The molecule has 0 spiro atoms. The fraction of sp³-hybridized carbons (Fsp3) is 0.429. The largest absolute Gasteiger partial charge is 0.748 e. The molecule has 0 fully saturated rings. The lowest BCUT2D eigenvalue weighted by atomic mass is 9.94. The highest BCUT2D eigenvalue weighted by Gasteiger charge is 2.10. The van der Waals surface area contributed by atoms with E-state index in [2.05, 4.69) is 0 Å². The molecular weight excluding hydrogens is 392 g/mol. The van der Waals surface area contributed by atoms with Gasteiger partial charge in [0.25, 0.3) is 0 Å². The molecule has 0 bridgehead atoms. The molecule has 1 aromatic rings. The van der Waals surface area contributed by atoms with Crippen molar-refractivity contribution in [1.29, 1.82) is 0 Å². The predicted octanol–water partition coefficient (Wildman–Crippen LogP) is -2.28. The van der Waals surface area contributed by atoms with Gasteiger partial charge in [-0.25, -0.2) is 16.8 Å². The van der Waals surface area contributed by atoms with E-state index in [1.54, 1.807) is 24.3 Å². The highest BCUT2D eigenvalue weighted by molar-refractivity contribution is 7.85. The van der Waals surface area contributed by atoms with E-state index >= 15 is 0 Å². The van der Waals surface area contributed by atoms with Gasteiger partial charge in [0, 0.05) is 36.3 Å². The van der Waals surface area contributed by atoms with E-state index in [1.165, 1.54) is 13.8 Å². The van der Waals surface area contributed by atoms with Crippen LogP contribution in [0.3, 0.4) is 0 Å². The highest BCUT2D eigenvalue weighted by atomic mass is 32.2. The Morgan fingerprint density at radius 1 is 0.808 bits per heavy atom. The minimum Gasteiger partial charge on any atom is -0.748 e. The summed E-state index contributed by atoms with van der Waals surface area (Å²) in [7, 11) is -7.83. The van der Waals surface area contributed by atoms with E-state index in [-0.39, 0.29) is 0 Å². The Morgan fingerprint density at radius 2 is 1.04 bits per heavy atom. The van der Waals surface area contributed by atoms with Gasteiger partial charge >= 0.3 is 0 Å². The zero-order chi connectivity index (χ0) is 21.3. The summed E-state index contributed by atoms with van der Waals surface area (Å²) < 4.78 is 54.5. The third-order valence-electron chi connectivity index (χ3n) is 2.62. The van der Waals surface area contributed by atoms with Crippen LogP contribution in [0.4, 0.5) is 0 Å². The van der Waals surface area contributed by atoms with Gasteiger partial charge in [-0.05, 0) is 11.1 Å². The molecule has 1 rings (SSSR count). The number of rotatable bonds is 4. The Morgan fingerprint density at radius 3 is 1.23 bits per heavy atom. The molecule has 12 heteroatoms. The second-order valence-corrected chi connectivity index (χ2v) is 7.98. The fourth-order valence-electron chi connectivity index (χ4n) is 1.37. The van der Waals surface area contributed by atoms with Crippen molar-refractivity contribution in [3.8, 4) is 0 Å². The van der Waals surface area contributed by atoms with E-state index in [0.717, 1.165) is 0 Å². The van der Waals surface area contributed by atoms with Gasteiger partial charge in [0.1, 0.15) is 0 Å². The normalized spacial score (nSPS) is 13.2. The van der Waals surface area contributed by atoms with Gasteiger partial charge in [0.05, 0.1) is 20.2 Å². The summed E-state index contributed by atoms with van der Waals surface area (Å²) in [5.41, 5.74) is 1.07. The van der Waals surface area contributed by atoms with E-state index in [0.29, 0.717) is 23.6 Å². The van der Waals surface area contributed by atoms with Crippen LogP contribution >= 0.6 is 0 Å². The van der Waals surface area contributed by atoms with Gasteiger partial charge in [-0.1, -0.05) is 38.1 Å². The molecule has 10 nitrogen and oxygen atoms in total. The number of hydrogen-bond donors (Lipinski definition) is 0. The maximum Gasteiger partial charge on any atom is 0.0916 e. The SMILES string of the molecule is CC(C(=O)[O-])c1cccc(C(C)C(=O)[O-])c1.CS(=O)(=O)[O-].CS(=O)(=O)[O-]. The van der Waals surface area contributed by atoms with Crippen molar-refractivity contribution in [2.75, 3.05) is 12.5 Å². The van der Waals surface area contributed by atoms with Crippen molar-refractivity contribution in [2.24, 2.45) is 0 Å². The van der Waals surface area contributed by atoms with Crippen LogP contribution in [0.25, 0.3) is 0 Å². The fourth-order valence-corrected chi connectivity index (χ4v) is 1.37. The Balaban J connectivity index is 0. The quantitative estimate of drug-likeness (QED) is 0.487. The molecule has 1 aromatic carbocycles. The molecule has 0 amide bonds. The van der Waals surface area contributed by atoms with Crippen molar-refractivity contribution >= 4 is 32.2 Å². The first-order valence-corrected chi connectivity index (χ1v) is 10.4. The molecule has 0 heterocycles. The maximum atomic E-state index is 10.7. The number of aliphatic carboxylic acids is 2. The molecular formula is C14H18O10S2-4. The van der Waals surface area contributed by atoms with Crippen LogP contribution in [-0.4, -0.2) is 50.4 Å². The zero-order valence-corrected chi connectivity index (χ0v) is 16.0. The molecule has 2 unspecified atom stereocenters. The maximum absolute atomic E-state index is 10.7. The molecule has 0 aliphatic rings. The minimum absolute atomic E-state index is 0.533. The number of carboxylic acid groups (broad SMARTS) is 2. The lowest BCUT2D eigenvalue weighted by molar-refractivity contribution is -0.308. The molecule has 0 saturated carbocycles. The number of benzene rings is 1. The van der Waals surface area contributed by atoms with Crippen LogP contribution in [-0.2, 0) is 29.8 Å². The van der Waals surface area contributed by atoms with Gasteiger partial charge in [-0.2, -0.15) is 0 Å². The second kappa shape index (κ2) is 10.9. The van der Waals surface area contributed by atoms with E-state index in [4.69, 9.17) is 25.9 Å². The molecule has 0 radical (unpaired) electrons. The molecule has 0 aliphatic carbocycles. The van der Waals surface area contributed by atoms with Crippen molar-refractivity contribution in [3.05, 3.63) is 35.4 Å². The van der Waals surface area contributed by atoms with Gasteiger partial charge in [-0.15, -0.1) is 0 Å². The van der Waals surface area contributed by atoms with E-state index in [9.17, 15) is 19.8 Å². The first-order chi connectivity index (χ1) is 11.4. The Bertz CT molecular complexity index is 731. The zero-order valence-electron chi connectivity index (χ0n) is 14.4. The lowest BCUT2D eigenvalue weighted by Crippen LogP contribution is -2.29. The van der Waals surface area contributed by atoms with Gasteiger partial charge < -0.3 is 28.9 Å². The van der Waals surface area contributed by atoms with Crippen LogP contribution < -0.4 is 10.2 Å². The van der Waals surface area contributed by atoms with Crippen molar-refractivity contribution in [2.45, 2.75) is 25.7 Å². The standard InChI is InChI=1S/C12H14O4.2CH4O3S/c1-7(11(13)14)9-4-3-5-10(6-9)8(2)12(15)16;2*1-5(2,3)4/h3-8H,1-2H3,(H,13,14)(H,15,16);2*1H3,(H,2,3,4)/p-4. The van der Waals surface area contributed by atoms with Crippen LogP contribution in [0.2, 0.25) is 0 Å². The van der Waals surface area contributed by atoms with Crippen LogP contribution in [0.1, 0.15) is 36.8 Å². The summed E-state index contributed by atoms with van der Waals surface area (Å²) in [6.45, 7) is 3.00. The van der Waals surface area contributed by atoms with Gasteiger partial charge in [-0.3, -0.25) is 0 Å². The summed E-state index contributed by atoms with van der Waals surface area (Å²) in [5.74, 6) is -3.88. The summed E-state index contributed by atoms with van der Waals surface area (Å²) in [6, 6.07) is 6.45. The monoisotopic (exact) mass is 410 g/mol. The minimum atomic E-state index is -3.92. The smallest absolute Gasteiger partial charge is 0.0916 e. The lowest BCUT2D eigenvalue weighted by Gasteiger charge is -2.17. The Labute approximate surface area is 152 Å². The molecule has 2 atom stereocenters.